The van der Waals surface area contributed by atoms with Gasteiger partial charge in [0.25, 0.3) is 0 Å². The first-order chi connectivity index (χ1) is 6.93. The molecule has 5 N–H and O–H groups in total. The number of nitrogen functional groups attached to an aromatic ring is 1. The molecule has 0 aromatic heterocycles. The highest BCUT2D eigenvalue weighted by Gasteiger charge is 2.14. The van der Waals surface area contributed by atoms with Crippen LogP contribution in [0, 0.1) is 11.6 Å². The topological polar surface area (TPSA) is 81.1 Å². The predicted molar refractivity (Wildman–Crippen MR) is 53.0 cm³/mol. The molecule has 6 heteroatoms. The van der Waals surface area contributed by atoms with Crippen molar-refractivity contribution in [1.82, 2.24) is 0 Å². The van der Waals surface area contributed by atoms with Crippen molar-refractivity contribution < 1.29 is 13.6 Å². The summed E-state index contributed by atoms with van der Waals surface area (Å²) < 4.78 is 25.6. The molecule has 4 nitrogen and oxygen atoms in total. The third-order valence-electron chi connectivity index (χ3n) is 1.80. The number of halogens is 2. The molecule has 82 valence electrons. The number of rotatable bonds is 2. The molecule has 1 aromatic rings. The van der Waals surface area contributed by atoms with Crippen LogP contribution in [0.2, 0.25) is 0 Å². The summed E-state index contributed by atoms with van der Waals surface area (Å²) in [5.41, 5.74) is 10.1. The molecule has 1 aromatic carbocycles. The van der Waals surface area contributed by atoms with Gasteiger partial charge in [-0.25, -0.2) is 8.78 Å². The maximum atomic E-state index is 13.0. The first-order valence-corrected chi connectivity index (χ1v) is 4.23. The minimum atomic E-state index is -1.18. The Morgan fingerprint density at radius 2 is 2.07 bits per heavy atom. The van der Waals surface area contributed by atoms with Crippen LogP contribution in [0.3, 0.4) is 0 Å². The zero-order valence-corrected chi connectivity index (χ0v) is 8.05. The fraction of sp³-hybridized carbons (Fsp3) is 0.222. The average molecular weight is 215 g/mol. The van der Waals surface area contributed by atoms with Gasteiger partial charge in [0.05, 0.1) is 17.4 Å². The van der Waals surface area contributed by atoms with Crippen LogP contribution in [0.25, 0.3) is 0 Å². The summed E-state index contributed by atoms with van der Waals surface area (Å²) >= 11 is 0. The molecule has 0 aliphatic heterocycles. The van der Waals surface area contributed by atoms with Gasteiger partial charge in [0.15, 0.2) is 11.6 Å². The van der Waals surface area contributed by atoms with Crippen LogP contribution in [0.5, 0.6) is 0 Å². The van der Waals surface area contributed by atoms with Crippen LogP contribution in [-0.2, 0) is 4.79 Å². The van der Waals surface area contributed by atoms with Crippen LogP contribution in [0.15, 0.2) is 12.1 Å². The largest absolute Gasteiger partial charge is 0.395 e. The van der Waals surface area contributed by atoms with Crippen molar-refractivity contribution in [2.45, 2.75) is 13.0 Å². The summed E-state index contributed by atoms with van der Waals surface area (Å²) in [4.78, 5) is 11.2. The Labute approximate surface area is 85.2 Å². The molecular weight excluding hydrogens is 204 g/mol. The summed E-state index contributed by atoms with van der Waals surface area (Å²) in [6.07, 6.45) is 0. The van der Waals surface area contributed by atoms with Gasteiger partial charge in [-0.1, -0.05) is 0 Å². The standard InChI is InChI=1S/C9H11F2N3O/c1-4(12)9(15)14-6-3-2-5(10)7(11)8(6)13/h2-4H,12-13H2,1H3,(H,14,15). The number of carbonyl (C=O) groups excluding carboxylic acids is 1. The summed E-state index contributed by atoms with van der Waals surface area (Å²) in [7, 11) is 0. The quantitative estimate of drug-likeness (QED) is 0.639. The van der Waals surface area contributed by atoms with Gasteiger partial charge in [-0.15, -0.1) is 0 Å². The van der Waals surface area contributed by atoms with Crippen molar-refractivity contribution in [2.24, 2.45) is 5.73 Å². The lowest BCUT2D eigenvalue weighted by Gasteiger charge is -2.10. The van der Waals surface area contributed by atoms with Gasteiger partial charge in [-0.3, -0.25) is 4.79 Å². The van der Waals surface area contributed by atoms with E-state index in [9.17, 15) is 13.6 Å². The minimum absolute atomic E-state index is 0.0104. The van der Waals surface area contributed by atoms with Crippen LogP contribution in [0.1, 0.15) is 6.92 Å². The first-order valence-electron chi connectivity index (χ1n) is 4.23. The predicted octanol–water partition coefficient (Wildman–Crippen LogP) is 0.833. The first kappa shape index (κ1) is 11.4. The van der Waals surface area contributed by atoms with Crippen molar-refractivity contribution in [3.8, 4) is 0 Å². The highest BCUT2D eigenvalue weighted by atomic mass is 19.2. The number of amides is 1. The summed E-state index contributed by atoms with van der Waals surface area (Å²) in [5, 5.41) is 2.28. The van der Waals surface area contributed by atoms with Gasteiger partial charge >= 0.3 is 0 Å². The Balaban J connectivity index is 2.97. The lowest BCUT2D eigenvalue weighted by atomic mass is 10.2. The molecule has 1 amide bonds. The van der Waals surface area contributed by atoms with E-state index in [-0.39, 0.29) is 5.69 Å². The molecule has 0 aliphatic rings. The zero-order chi connectivity index (χ0) is 11.6. The molecule has 0 saturated heterocycles. The van der Waals surface area contributed by atoms with Crippen molar-refractivity contribution in [3.63, 3.8) is 0 Å². The Bertz CT molecular complexity index is 393. The van der Waals surface area contributed by atoms with E-state index in [1.54, 1.807) is 0 Å². The van der Waals surface area contributed by atoms with Crippen molar-refractivity contribution >= 4 is 17.3 Å². The van der Waals surface area contributed by atoms with Crippen molar-refractivity contribution in [3.05, 3.63) is 23.8 Å². The molecule has 1 rings (SSSR count). The number of hydrogen-bond acceptors (Lipinski definition) is 3. The monoisotopic (exact) mass is 215 g/mol. The Kier molecular flexibility index (Phi) is 3.21. The number of nitrogens with two attached hydrogens (primary N) is 2. The van der Waals surface area contributed by atoms with Gasteiger partial charge < -0.3 is 16.8 Å². The Morgan fingerprint density at radius 1 is 1.47 bits per heavy atom. The molecule has 0 spiro atoms. The van der Waals surface area contributed by atoms with E-state index in [0.717, 1.165) is 6.07 Å². The second-order valence-corrected chi connectivity index (χ2v) is 3.10. The van der Waals surface area contributed by atoms with Crippen LogP contribution >= 0.6 is 0 Å². The van der Waals surface area contributed by atoms with E-state index in [4.69, 9.17) is 11.5 Å². The molecule has 0 saturated carbocycles. The minimum Gasteiger partial charge on any atom is -0.395 e. The lowest BCUT2D eigenvalue weighted by Crippen LogP contribution is -2.32. The van der Waals surface area contributed by atoms with Gasteiger partial charge in [-0.05, 0) is 19.1 Å². The zero-order valence-electron chi connectivity index (χ0n) is 8.05. The van der Waals surface area contributed by atoms with Crippen LogP contribution < -0.4 is 16.8 Å². The Morgan fingerprint density at radius 3 is 2.60 bits per heavy atom. The summed E-state index contributed by atoms with van der Waals surface area (Å²) in [5.74, 6) is -2.77. The number of carbonyl (C=O) groups is 1. The molecule has 1 unspecified atom stereocenters. The Hall–Kier alpha value is -1.69. The second kappa shape index (κ2) is 4.22. The second-order valence-electron chi connectivity index (χ2n) is 3.10. The number of anilines is 2. The molecular formula is C9H11F2N3O. The molecule has 0 bridgehead atoms. The number of hydrogen-bond donors (Lipinski definition) is 3. The number of nitrogens with one attached hydrogen (secondary N) is 1. The fourth-order valence-electron chi connectivity index (χ4n) is 0.922. The third kappa shape index (κ3) is 2.41. The summed E-state index contributed by atoms with van der Waals surface area (Å²) in [6, 6.07) is 1.30. The van der Waals surface area contributed by atoms with Gasteiger partial charge in [0.2, 0.25) is 5.91 Å². The van der Waals surface area contributed by atoms with E-state index in [1.165, 1.54) is 13.0 Å². The van der Waals surface area contributed by atoms with Crippen molar-refractivity contribution in [2.75, 3.05) is 11.1 Å². The highest BCUT2D eigenvalue weighted by molar-refractivity contribution is 5.96. The SMILES string of the molecule is CC(N)C(=O)Nc1ccc(F)c(F)c1N. The van der Waals surface area contributed by atoms with Crippen molar-refractivity contribution in [1.29, 1.82) is 0 Å². The van der Waals surface area contributed by atoms with Crippen LogP contribution in [0.4, 0.5) is 20.2 Å². The van der Waals surface area contributed by atoms with E-state index in [1.807, 2.05) is 0 Å². The maximum absolute atomic E-state index is 13.0. The molecule has 0 heterocycles. The molecule has 0 fully saturated rings. The van der Waals surface area contributed by atoms with Gasteiger partial charge in [0, 0.05) is 0 Å². The highest BCUT2D eigenvalue weighted by Crippen LogP contribution is 2.23. The maximum Gasteiger partial charge on any atom is 0.241 e. The normalized spacial score (nSPS) is 12.3. The van der Waals surface area contributed by atoms with E-state index in [2.05, 4.69) is 5.32 Å². The molecule has 1 atom stereocenters. The van der Waals surface area contributed by atoms with Gasteiger partial charge in [0.1, 0.15) is 0 Å². The third-order valence-corrected chi connectivity index (χ3v) is 1.80. The van der Waals surface area contributed by atoms with Crippen LogP contribution in [-0.4, -0.2) is 11.9 Å². The van der Waals surface area contributed by atoms with E-state index in [0.29, 0.717) is 0 Å². The average Bonchev–Trinajstić information content (AvgIpc) is 2.18. The summed E-state index contributed by atoms with van der Waals surface area (Å²) in [6.45, 7) is 1.46. The van der Waals surface area contributed by atoms with Gasteiger partial charge in [-0.2, -0.15) is 0 Å². The fourth-order valence-corrected chi connectivity index (χ4v) is 0.922. The smallest absolute Gasteiger partial charge is 0.241 e. The molecule has 15 heavy (non-hydrogen) atoms. The molecule has 0 radical (unpaired) electrons. The molecule has 0 aliphatic carbocycles. The lowest BCUT2D eigenvalue weighted by molar-refractivity contribution is -0.117. The number of benzene rings is 1. The van der Waals surface area contributed by atoms with E-state index >= 15 is 0 Å². The van der Waals surface area contributed by atoms with E-state index < -0.39 is 29.3 Å².